The van der Waals surface area contributed by atoms with E-state index in [0.29, 0.717) is 48.7 Å². The molecule has 2 aliphatic heterocycles. The second-order valence-corrected chi connectivity index (χ2v) is 13.6. The zero-order valence-electron chi connectivity index (χ0n) is 24.4. The highest BCUT2D eigenvalue weighted by Gasteiger charge is 2.58. The maximum atomic E-state index is 12.5. The van der Waals surface area contributed by atoms with Gasteiger partial charge in [0.1, 0.15) is 18.8 Å². The molecule has 0 aromatic carbocycles. The van der Waals surface area contributed by atoms with E-state index in [2.05, 4.69) is 25.4 Å². The molecular weight excluding hydrogens is 570 g/mol. The minimum absolute atomic E-state index is 0.0574. The van der Waals surface area contributed by atoms with Crippen molar-refractivity contribution in [3.05, 3.63) is 30.2 Å². The summed E-state index contributed by atoms with van der Waals surface area (Å²) in [5.41, 5.74) is 1.03. The van der Waals surface area contributed by atoms with Gasteiger partial charge in [0.25, 0.3) is 0 Å². The van der Waals surface area contributed by atoms with Crippen LogP contribution < -0.4 is 5.32 Å². The van der Waals surface area contributed by atoms with Crippen LogP contribution in [-0.4, -0.2) is 80.8 Å². The van der Waals surface area contributed by atoms with E-state index in [1.165, 1.54) is 41.6 Å². The van der Waals surface area contributed by atoms with Crippen molar-refractivity contribution in [2.24, 2.45) is 0 Å². The predicted molar refractivity (Wildman–Crippen MR) is 147 cm³/mol. The molecule has 2 aliphatic rings. The number of imidazole rings is 1. The Morgan fingerprint density at radius 2 is 1.83 bits per heavy atom. The number of carbonyl (C=O) groups excluding carboxylic acids is 2. The fourth-order valence-electron chi connectivity index (χ4n) is 5.21. The average molecular weight is 606 g/mol. The number of sulfonamides is 1. The maximum Gasteiger partial charge on any atom is 0.343 e. The lowest BCUT2D eigenvalue weighted by Gasteiger charge is -2.33. The van der Waals surface area contributed by atoms with Gasteiger partial charge in [-0.25, -0.2) is 32.2 Å². The van der Waals surface area contributed by atoms with E-state index in [0.717, 1.165) is 0 Å². The summed E-state index contributed by atoms with van der Waals surface area (Å²) in [6, 6.07) is 1.71. The number of fused-ring (bicyclic) bond motifs is 1. The van der Waals surface area contributed by atoms with Crippen LogP contribution in [0, 0.1) is 0 Å². The summed E-state index contributed by atoms with van der Waals surface area (Å²) in [6.07, 6.45) is 3.29. The Morgan fingerprint density at radius 3 is 2.43 bits per heavy atom. The fourth-order valence-corrected chi connectivity index (χ4v) is 6.09. The molecule has 3 atom stereocenters. The highest BCUT2D eigenvalue weighted by Crippen LogP contribution is 2.47. The summed E-state index contributed by atoms with van der Waals surface area (Å²) in [7, 11) is -3.26. The zero-order chi connectivity index (χ0) is 30.4. The Balaban J connectivity index is 1.50. The molecule has 0 bridgehead atoms. The van der Waals surface area contributed by atoms with Gasteiger partial charge >= 0.3 is 17.8 Å². The summed E-state index contributed by atoms with van der Waals surface area (Å²) >= 11 is 0. The summed E-state index contributed by atoms with van der Waals surface area (Å²) in [5.74, 6) is -2.45. The Labute approximate surface area is 243 Å². The number of ether oxygens (including phenoxy) is 3. The number of esters is 2. The number of hydrogen-bond donors (Lipinski definition) is 1. The highest BCUT2D eigenvalue weighted by atomic mass is 32.2. The second kappa shape index (κ2) is 10.9. The van der Waals surface area contributed by atoms with Crippen LogP contribution in [0.3, 0.4) is 0 Å². The smallest absolute Gasteiger partial charge is 0.343 e. The van der Waals surface area contributed by atoms with E-state index in [9.17, 15) is 18.0 Å². The van der Waals surface area contributed by atoms with Crippen molar-refractivity contribution in [1.29, 1.82) is 0 Å². The summed E-state index contributed by atoms with van der Waals surface area (Å²) < 4.78 is 50.1. The molecule has 3 unspecified atom stereocenters. The van der Waals surface area contributed by atoms with Gasteiger partial charge in [-0.2, -0.15) is 0 Å². The van der Waals surface area contributed by atoms with Gasteiger partial charge in [-0.15, -0.1) is 0 Å². The molecule has 42 heavy (non-hydrogen) atoms. The van der Waals surface area contributed by atoms with Gasteiger partial charge in [0.15, 0.2) is 28.8 Å². The van der Waals surface area contributed by atoms with Crippen molar-refractivity contribution in [2.75, 3.05) is 24.7 Å². The summed E-state index contributed by atoms with van der Waals surface area (Å²) in [5, 5.41) is 7.51. The van der Waals surface area contributed by atoms with Crippen LogP contribution in [0.5, 0.6) is 0 Å². The Bertz CT molecular complexity index is 1590. The summed E-state index contributed by atoms with van der Waals surface area (Å²) in [4.78, 5) is 37.9. The van der Waals surface area contributed by atoms with E-state index < -0.39 is 40.1 Å². The first-order chi connectivity index (χ1) is 19.7. The van der Waals surface area contributed by atoms with Crippen molar-refractivity contribution in [1.82, 2.24) is 29.0 Å². The van der Waals surface area contributed by atoms with Gasteiger partial charge in [0.05, 0.1) is 11.9 Å². The van der Waals surface area contributed by atoms with E-state index in [-0.39, 0.29) is 23.5 Å². The van der Waals surface area contributed by atoms with Gasteiger partial charge < -0.3 is 24.1 Å². The monoisotopic (exact) mass is 605 g/mol. The van der Waals surface area contributed by atoms with Crippen molar-refractivity contribution >= 4 is 38.9 Å². The number of hydrogen-bond acceptors (Lipinski definition) is 13. The maximum absolute atomic E-state index is 12.5. The van der Waals surface area contributed by atoms with Crippen LogP contribution in [0.4, 0.5) is 5.82 Å². The Morgan fingerprint density at radius 1 is 1.12 bits per heavy atom. The van der Waals surface area contributed by atoms with Crippen LogP contribution in [0.25, 0.3) is 11.2 Å². The molecule has 0 saturated carbocycles. The number of nitrogens with one attached hydrogen (secondary N) is 1. The van der Waals surface area contributed by atoms with Gasteiger partial charge in [-0.1, -0.05) is 25.9 Å². The number of nitrogens with zero attached hydrogens (tertiary/aromatic N) is 6. The van der Waals surface area contributed by atoms with Crippen molar-refractivity contribution < 1.29 is 36.7 Å². The first-order valence-corrected chi connectivity index (χ1v) is 15.4. The average Bonchev–Trinajstić information content (AvgIpc) is 3.61. The van der Waals surface area contributed by atoms with Crippen LogP contribution in [0.15, 0.2) is 23.2 Å². The lowest BCUT2D eigenvalue weighted by molar-refractivity contribution is -0.299. The number of carbonyl (C=O) groups is 2. The molecular formula is C26H35N7O8S. The molecule has 0 aliphatic carbocycles. The third-order valence-corrected chi connectivity index (χ3v) is 8.59. The third kappa shape index (κ3) is 5.83. The molecule has 0 radical (unpaired) electrons. The topological polar surface area (TPSA) is 181 Å². The van der Waals surface area contributed by atoms with Gasteiger partial charge in [-0.3, -0.25) is 9.59 Å². The van der Waals surface area contributed by atoms with E-state index in [1.54, 1.807) is 6.07 Å². The lowest BCUT2D eigenvalue weighted by atomic mass is 9.92. The standard InChI is InChI=1S/C26H35N7O8S/c1-15(34)38-21-12-18(19-11-20(31-41-19)25(3,4)5)40-26(21,39-16(2)35)33-14-29-22-23(27-13-28-24(22)33)30-17-7-9-32(10-8-17)42(6,36)37/h11,13-14,17-18,21H,7-10,12H2,1-6H3,(H,27,28,30). The molecule has 16 heteroatoms. The molecule has 15 nitrogen and oxygen atoms in total. The van der Waals surface area contributed by atoms with E-state index >= 15 is 0 Å². The molecule has 5 rings (SSSR count). The van der Waals surface area contributed by atoms with Crippen molar-refractivity contribution in [2.45, 2.75) is 83.5 Å². The first kappa shape index (κ1) is 29.8. The number of piperidine rings is 1. The Hall–Kier alpha value is -3.63. The van der Waals surface area contributed by atoms with Crippen LogP contribution in [0.1, 0.15) is 71.4 Å². The number of rotatable bonds is 7. The van der Waals surface area contributed by atoms with Crippen molar-refractivity contribution in [3.63, 3.8) is 0 Å². The predicted octanol–water partition coefficient (Wildman–Crippen LogP) is 2.21. The molecule has 5 heterocycles. The summed E-state index contributed by atoms with van der Waals surface area (Å²) in [6.45, 7) is 9.22. The van der Waals surface area contributed by atoms with Crippen LogP contribution >= 0.6 is 0 Å². The van der Waals surface area contributed by atoms with Gasteiger partial charge in [0, 0.05) is 50.9 Å². The minimum Gasteiger partial charge on any atom is -0.453 e. The molecule has 2 fully saturated rings. The molecule has 228 valence electrons. The molecule has 0 spiro atoms. The molecule has 1 N–H and O–H groups in total. The van der Waals surface area contributed by atoms with Crippen LogP contribution in [0.2, 0.25) is 0 Å². The van der Waals surface area contributed by atoms with Gasteiger partial charge in [0.2, 0.25) is 10.0 Å². The third-order valence-electron chi connectivity index (χ3n) is 7.29. The molecule has 3 aromatic rings. The molecule has 3 aromatic heterocycles. The first-order valence-electron chi connectivity index (χ1n) is 13.6. The SMILES string of the molecule is CC(=O)OC1CC(c2cc(C(C)(C)C)no2)OC1(OC(C)=O)n1cnc2c(NC3CCN(S(C)(=O)=O)CC3)ncnc21. The largest absolute Gasteiger partial charge is 0.453 e. The van der Waals surface area contributed by atoms with Crippen LogP contribution in [-0.2, 0) is 45.1 Å². The van der Waals surface area contributed by atoms with Gasteiger partial charge in [-0.05, 0) is 12.8 Å². The zero-order valence-corrected chi connectivity index (χ0v) is 25.2. The van der Waals surface area contributed by atoms with E-state index in [1.807, 2.05) is 20.8 Å². The van der Waals surface area contributed by atoms with E-state index in [4.69, 9.17) is 18.7 Å². The normalized spacial score (nSPS) is 24.1. The Kier molecular flexibility index (Phi) is 7.74. The number of anilines is 1. The molecule has 2 saturated heterocycles. The van der Waals surface area contributed by atoms with Crippen molar-refractivity contribution in [3.8, 4) is 0 Å². The molecule has 0 amide bonds. The lowest BCUT2D eigenvalue weighted by Crippen LogP contribution is -2.47. The minimum atomic E-state index is -3.26. The quantitative estimate of drug-likeness (QED) is 0.388. The second-order valence-electron chi connectivity index (χ2n) is 11.6. The highest BCUT2D eigenvalue weighted by molar-refractivity contribution is 7.88. The fraction of sp³-hybridized carbons (Fsp3) is 0.615. The number of aromatic nitrogens is 5.